The van der Waals surface area contributed by atoms with Crippen LogP contribution in [0.4, 0.5) is 0 Å². The van der Waals surface area contributed by atoms with Gasteiger partial charge in [0.15, 0.2) is 0 Å². The van der Waals surface area contributed by atoms with Crippen LogP contribution in [0.3, 0.4) is 0 Å². The molecule has 0 amide bonds. The summed E-state index contributed by atoms with van der Waals surface area (Å²) in [6.07, 6.45) is 0. The Labute approximate surface area is 171 Å². The lowest BCUT2D eigenvalue weighted by Crippen LogP contribution is -2.10. The molecule has 0 saturated heterocycles. The standard InChI is InChI=1S/C28H24O/c1-28(2,3)24-13-7-12-23-26-22(11-8-14-25(26)29-27(23)24)21-17-15-20(16-18-21)19-9-5-4-6-10-19/h4-18H,1-3H3. The zero-order valence-electron chi connectivity index (χ0n) is 17.1. The first-order chi connectivity index (χ1) is 14.0. The lowest BCUT2D eigenvalue weighted by atomic mass is 9.85. The van der Waals surface area contributed by atoms with E-state index in [1.165, 1.54) is 38.6 Å². The molecular formula is C28H24O. The minimum atomic E-state index is 0.0326. The molecule has 0 aliphatic heterocycles. The molecule has 0 spiro atoms. The predicted molar refractivity (Wildman–Crippen MR) is 123 cm³/mol. The fourth-order valence-corrected chi connectivity index (χ4v) is 4.15. The van der Waals surface area contributed by atoms with Crippen molar-refractivity contribution in [1.82, 2.24) is 0 Å². The quantitative estimate of drug-likeness (QED) is 0.302. The number of hydrogen-bond acceptors (Lipinski definition) is 1. The highest BCUT2D eigenvalue weighted by molar-refractivity contribution is 6.13. The van der Waals surface area contributed by atoms with E-state index < -0.39 is 0 Å². The Morgan fingerprint density at radius 2 is 1.24 bits per heavy atom. The van der Waals surface area contributed by atoms with Crippen LogP contribution in [0.25, 0.3) is 44.2 Å². The molecule has 4 aromatic carbocycles. The molecular weight excluding hydrogens is 352 g/mol. The van der Waals surface area contributed by atoms with Gasteiger partial charge in [0.25, 0.3) is 0 Å². The molecule has 1 heterocycles. The molecule has 0 radical (unpaired) electrons. The Kier molecular flexibility index (Phi) is 4.06. The van der Waals surface area contributed by atoms with E-state index >= 15 is 0 Å². The third-order valence-corrected chi connectivity index (χ3v) is 5.63. The summed E-state index contributed by atoms with van der Waals surface area (Å²) in [6, 6.07) is 32.2. The summed E-state index contributed by atoms with van der Waals surface area (Å²) >= 11 is 0. The number of fused-ring (bicyclic) bond motifs is 3. The SMILES string of the molecule is CC(C)(C)c1cccc2c1oc1cccc(-c3ccc(-c4ccccc4)cc3)c12. The highest BCUT2D eigenvalue weighted by atomic mass is 16.3. The van der Waals surface area contributed by atoms with Crippen LogP contribution >= 0.6 is 0 Å². The Morgan fingerprint density at radius 1 is 0.586 bits per heavy atom. The van der Waals surface area contributed by atoms with Crippen LogP contribution < -0.4 is 0 Å². The van der Waals surface area contributed by atoms with Crippen molar-refractivity contribution in [3.8, 4) is 22.3 Å². The summed E-state index contributed by atoms with van der Waals surface area (Å²) < 4.78 is 6.37. The molecule has 0 bridgehead atoms. The van der Waals surface area contributed by atoms with Gasteiger partial charge in [0.2, 0.25) is 0 Å². The van der Waals surface area contributed by atoms with Crippen molar-refractivity contribution in [1.29, 1.82) is 0 Å². The average molecular weight is 376 g/mol. The summed E-state index contributed by atoms with van der Waals surface area (Å²) in [5.74, 6) is 0. The van der Waals surface area contributed by atoms with Gasteiger partial charge in [0.05, 0.1) is 0 Å². The Morgan fingerprint density at radius 3 is 1.97 bits per heavy atom. The summed E-state index contributed by atoms with van der Waals surface area (Å²) in [6.45, 7) is 6.70. The first kappa shape index (κ1) is 17.8. The third-order valence-electron chi connectivity index (χ3n) is 5.63. The van der Waals surface area contributed by atoms with Gasteiger partial charge >= 0.3 is 0 Å². The van der Waals surface area contributed by atoms with Gasteiger partial charge in [-0.1, -0.05) is 106 Å². The van der Waals surface area contributed by atoms with E-state index in [9.17, 15) is 0 Å². The largest absolute Gasteiger partial charge is 0.456 e. The van der Waals surface area contributed by atoms with Gasteiger partial charge in [-0.15, -0.1) is 0 Å². The summed E-state index contributed by atoms with van der Waals surface area (Å²) in [5.41, 5.74) is 8.12. The van der Waals surface area contributed by atoms with Gasteiger partial charge in [-0.25, -0.2) is 0 Å². The number of furan rings is 1. The normalized spacial score (nSPS) is 12.0. The number of benzene rings is 4. The molecule has 1 nitrogen and oxygen atoms in total. The maximum atomic E-state index is 6.37. The highest BCUT2D eigenvalue weighted by Crippen LogP contribution is 2.40. The van der Waals surface area contributed by atoms with Gasteiger partial charge in [-0.05, 0) is 33.7 Å². The van der Waals surface area contributed by atoms with Gasteiger partial charge in [-0.2, -0.15) is 0 Å². The van der Waals surface area contributed by atoms with Crippen molar-refractivity contribution in [2.24, 2.45) is 0 Å². The second-order valence-electron chi connectivity index (χ2n) is 8.66. The molecule has 29 heavy (non-hydrogen) atoms. The first-order valence-corrected chi connectivity index (χ1v) is 10.1. The van der Waals surface area contributed by atoms with Crippen molar-refractivity contribution in [3.05, 3.63) is 96.6 Å². The molecule has 0 atom stereocenters. The van der Waals surface area contributed by atoms with Gasteiger partial charge in [-0.3, -0.25) is 0 Å². The molecule has 0 unspecified atom stereocenters. The molecule has 0 fully saturated rings. The molecule has 0 aliphatic carbocycles. The lowest BCUT2D eigenvalue weighted by Gasteiger charge is -2.18. The maximum absolute atomic E-state index is 6.37. The van der Waals surface area contributed by atoms with Crippen molar-refractivity contribution in [3.63, 3.8) is 0 Å². The minimum absolute atomic E-state index is 0.0326. The van der Waals surface area contributed by atoms with Gasteiger partial charge < -0.3 is 4.42 Å². The summed E-state index contributed by atoms with van der Waals surface area (Å²) in [7, 11) is 0. The van der Waals surface area contributed by atoms with Crippen LogP contribution in [-0.2, 0) is 5.41 Å². The number of rotatable bonds is 2. The smallest absolute Gasteiger partial charge is 0.139 e. The van der Waals surface area contributed by atoms with E-state index in [4.69, 9.17) is 4.42 Å². The molecule has 0 N–H and O–H groups in total. The van der Waals surface area contributed by atoms with Gasteiger partial charge in [0, 0.05) is 16.3 Å². The van der Waals surface area contributed by atoms with E-state index in [0.29, 0.717) is 0 Å². The van der Waals surface area contributed by atoms with Crippen molar-refractivity contribution in [2.75, 3.05) is 0 Å². The monoisotopic (exact) mass is 376 g/mol. The summed E-state index contributed by atoms with van der Waals surface area (Å²) in [5, 5.41) is 2.39. The fraction of sp³-hybridized carbons (Fsp3) is 0.143. The van der Waals surface area contributed by atoms with Crippen molar-refractivity contribution < 1.29 is 4.42 Å². The van der Waals surface area contributed by atoms with E-state index in [1.807, 2.05) is 0 Å². The second kappa shape index (κ2) is 6.63. The highest BCUT2D eigenvalue weighted by Gasteiger charge is 2.21. The average Bonchev–Trinajstić information content (AvgIpc) is 3.12. The minimum Gasteiger partial charge on any atom is -0.456 e. The van der Waals surface area contributed by atoms with Crippen molar-refractivity contribution in [2.45, 2.75) is 26.2 Å². The van der Waals surface area contributed by atoms with E-state index in [1.54, 1.807) is 0 Å². The number of hydrogen-bond donors (Lipinski definition) is 0. The number of para-hydroxylation sites is 1. The van der Waals surface area contributed by atoms with Crippen LogP contribution in [0.15, 0.2) is 95.4 Å². The third kappa shape index (κ3) is 3.03. The van der Waals surface area contributed by atoms with Gasteiger partial charge in [0.1, 0.15) is 11.2 Å². The van der Waals surface area contributed by atoms with Crippen LogP contribution in [0.1, 0.15) is 26.3 Å². The molecule has 1 heteroatoms. The lowest BCUT2D eigenvalue weighted by molar-refractivity contribution is 0.573. The van der Waals surface area contributed by atoms with E-state index in [2.05, 4.69) is 112 Å². The van der Waals surface area contributed by atoms with Crippen LogP contribution in [0, 0.1) is 0 Å². The molecule has 142 valence electrons. The zero-order chi connectivity index (χ0) is 20.0. The van der Waals surface area contributed by atoms with Crippen LogP contribution in [0.5, 0.6) is 0 Å². The molecule has 5 rings (SSSR count). The second-order valence-corrected chi connectivity index (χ2v) is 8.66. The Hall–Kier alpha value is -3.32. The van der Waals surface area contributed by atoms with E-state index in [0.717, 1.165) is 11.2 Å². The fourth-order valence-electron chi connectivity index (χ4n) is 4.15. The molecule has 1 aromatic heterocycles. The van der Waals surface area contributed by atoms with Crippen LogP contribution in [-0.4, -0.2) is 0 Å². The molecule has 0 saturated carbocycles. The van der Waals surface area contributed by atoms with Crippen LogP contribution in [0.2, 0.25) is 0 Å². The maximum Gasteiger partial charge on any atom is 0.139 e. The zero-order valence-corrected chi connectivity index (χ0v) is 17.1. The molecule has 5 aromatic rings. The Bertz CT molecular complexity index is 1300. The predicted octanol–water partition coefficient (Wildman–Crippen LogP) is 8.22. The van der Waals surface area contributed by atoms with E-state index in [-0.39, 0.29) is 5.41 Å². The molecule has 0 aliphatic rings. The Balaban J connectivity index is 1.70. The first-order valence-electron chi connectivity index (χ1n) is 10.1. The summed E-state index contributed by atoms with van der Waals surface area (Å²) in [4.78, 5) is 0. The topological polar surface area (TPSA) is 13.1 Å². The van der Waals surface area contributed by atoms with Crippen molar-refractivity contribution >= 4 is 21.9 Å².